The number of rotatable bonds is 4. The van der Waals surface area contributed by atoms with Gasteiger partial charge in [0.25, 0.3) is 0 Å². The van der Waals surface area contributed by atoms with Crippen LogP contribution in [0.1, 0.15) is 35.6 Å². The van der Waals surface area contributed by atoms with E-state index in [2.05, 4.69) is 37.4 Å². The Balaban J connectivity index is 1.84. The maximum absolute atomic E-state index is 13.1. The van der Waals surface area contributed by atoms with E-state index in [1.54, 1.807) is 12.1 Å². The Bertz CT molecular complexity index is 599. The minimum Gasteiger partial charge on any atom is -0.378 e. The van der Waals surface area contributed by atoms with E-state index < -0.39 is 0 Å². The van der Waals surface area contributed by atoms with Crippen LogP contribution in [-0.4, -0.2) is 0 Å². The van der Waals surface area contributed by atoms with E-state index in [1.165, 1.54) is 29.5 Å². The van der Waals surface area contributed by atoms with Gasteiger partial charge in [-0.05, 0) is 73.6 Å². The van der Waals surface area contributed by atoms with Gasteiger partial charge in [0.1, 0.15) is 5.82 Å². The van der Waals surface area contributed by atoms with Gasteiger partial charge >= 0.3 is 0 Å². The summed E-state index contributed by atoms with van der Waals surface area (Å²) in [5.41, 5.74) is 4.92. The Labute approximate surface area is 119 Å². The van der Waals surface area contributed by atoms with Crippen molar-refractivity contribution in [2.75, 3.05) is 5.32 Å². The molecule has 1 saturated carbocycles. The van der Waals surface area contributed by atoms with Crippen molar-refractivity contribution in [3.63, 3.8) is 0 Å². The molecule has 2 heteroatoms. The third-order valence-corrected chi connectivity index (χ3v) is 4.15. The molecule has 1 aliphatic rings. The second kappa shape index (κ2) is 5.28. The topological polar surface area (TPSA) is 12.0 Å². The molecule has 2 aromatic rings. The number of hydrogen-bond donors (Lipinski definition) is 1. The molecular formula is C18H20FN. The lowest BCUT2D eigenvalue weighted by molar-refractivity contribution is 0.622. The van der Waals surface area contributed by atoms with Crippen molar-refractivity contribution >= 4 is 5.69 Å². The molecule has 0 aliphatic heterocycles. The third kappa shape index (κ3) is 2.84. The number of halogens is 1. The smallest absolute Gasteiger partial charge is 0.123 e. The van der Waals surface area contributed by atoms with Gasteiger partial charge in [0, 0.05) is 5.69 Å². The van der Waals surface area contributed by atoms with Crippen LogP contribution in [0.4, 0.5) is 10.1 Å². The normalized spacial score (nSPS) is 15.9. The van der Waals surface area contributed by atoms with Gasteiger partial charge in [0.15, 0.2) is 0 Å². The van der Waals surface area contributed by atoms with E-state index in [0.29, 0.717) is 5.92 Å². The average Bonchev–Trinajstić information content (AvgIpc) is 3.26. The lowest BCUT2D eigenvalue weighted by Crippen LogP contribution is -2.13. The molecule has 1 fully saturated rings. The zero-order valence-corrected chi connectivity index (χ0v) is 12.0. The SMILES string of the molecule is Cc1ccc(NC(c2ccc(F)cc2)C2CC2)cc1C. The van der Waals surface area contributed by atoms with Gasteiger partial charge in [0.05, 0.1) is 6.04 Å². The molecule has 0 amide bonds. The van der Waals surface area contributed by atoms with Gasteiger partial charge in [-0.1, -0.05) is 18.2 Å². The molecule has 20 heavy (non-hydrogen) atoms. The summed E-state index contributed by atoms with van der Waals surface area (Å²) in [4.78, 5) is 0. The maximum atomic E-state index is 13.1. The van der Waals surface area contributed by atoms with Crippen molar-refractivity contribution in [1.29, 1.82) is 0 Å². The van der Waals surface area contributed by atoms with Crippen LogP contribution in [-0.2, 0) is 0 Å². The molecule has 2 aromatic carbocycles. The van der Waals surface area contributed by atoms with Gasteiger partial charge in [-0.25, -0.2) is 4.39 Å². The molecule has 0 radical (unpaired) electrons. The number of hydrogen-bond acceptors (Lipinski definition) is 1. The van der Waals surface area contributed by atoms with Crippen LogP contribution < -0.4 is 5.32 Å². The molecule has 0 aromatic heterocycles. The Hall–Kier alpha value is -1.83. The standard InChI is InChI=1S/C18H20FN/c1-12-3-10-17(11-13(12)2)20-18(14-4-5-14)15-6-8-16(19)9-7-15/h3,6-11,14,18,20H,4-5H2,1-2H3. The highest BCUT2D eigenvalue weighted by Gasteiger charge is 2.32. The summed E-state index contributed by atoms with van der Waals surface area (Å²) >= 11 is 0. The predicted molar refractivity (Wildman–Crippen MR) is 81.4 cm³/mol. The molecule has 104 valence electrons. The fourth-order valence-corrected chi connectivity index (χ4v) is 2.58. The zero-order valence-electron chi connectivity index (χ0n) is 12.0. The van der Waals surface area contributed by atoms with Crippen molar-refractivity contribution in [2.24, 2.45) is 5.92 Å². The molecule has 0 spiro atoms. The first-order valence-electron chi connectivity index (χ1n) is 7.23. The molecule has 1 aliphatic carbocycles. The fourth-order valence-electron chi connectivity index (χ4n) is 2.58. The molecule has 1 nitrogen and oxygen atoms in total. The van der Waals surface area contributed by atoms with Crippen molar-refractivity contribution in [1.82, 2.24) is 0 Å². The maximum Gasteiger partial charge on any atom is 0.123 e. The van der Waals surface area contributed by atoms with E-state index >= 15 is 0 Å². The summed E-state index contributed by atoms with van der Waals surface area (Å²) in [7, 11) is 0. The van der Waals surface area contributed by atoms with E-state index in [9.17, 15) is 4.39 Å². The first kappa shape index (κ1) is 13.2. The van der Waals surface area contributed by atoms with Gasteiger partial charge in [0.2, 0.25) is 0 Å². The summed E-state index contributed by atoms with van der Waals surface area (Å²) in [6.07, 6.45) is 2.50. The second-order valence-corrected chi connectivity index (χ2v) is 5.81. The first-order valence-corrected chi connectivity index (χ1v) is 7.23. The van der Waals surface area contributed by atoms with Crippen LogP contribution in [0.3, 0.4) is 0 Å². The second-order valence-electron chi connectivity index (χ2n) is 5.81. The van der Waals surface area contributed by atoms with Crippen LogP contribution >= 0.6 is 0 Å². The zero-order chi connectivity index (χ0) is 14.1. The molecular weight excluding hydrogens is 249 g/mol. The largest absolute Gasteiger partial charge is 0.378 e. The van der Waals surface area contributed by atoms with Crippen LogP contribution in [0.5, 0.6) is 0 Å². The predicted octanol–water partition coefficient (Wildman–Crippen LogP) is 5.01. The Kier molecular flexibility index (Phi) is 3.47. The van der Waals surface area contributed by atoms with E-state index in [0.717, 1.165) is 5.69 Å². The highest BCUT2D eigenvalue weighted by Crippen LogP contribution is 2.43. The number of nitrogens with one attached hydrogen (secondary N) is 1. The molecule has 0 saturated heterocycles. The van der Waals surface area contributed by atoms with Crippen molar-refractivity contribution in [3.05, 3.63) is 65.0 Å². The lowest BCUT2D eigenvalue weighted by atomic mass is 10.0. The van der Waals surface area contributed by atoms with E-state index in [-0.39, 0.29) is 11.9 Å². The average molecular weight is 269 g/mol. The molecule has 3 rings (SSSR count). The quantitative estimate of drug-likeness (QED) is 0.823. The van der Waals surface area contributed by atoms with Gasteiger partial charge in [-0.3, -0.25) is 0 Å². The molecule has 1 atom stereocenters. The van der Waals surface area contributed by atoms with E-state index in [4.69, 9.17) is 0 Å². The molecule has 0 bridgehead atoms. The van der Waals surface area contributed by atoms with Crippen LogP contribution in [0.25, 0.3) is 0 Å². The van der Waals surface area contributed by atoms with E-state index in [1.807, 2.05) is 12.1 Å². The highest BCUT2D eigenvalue weighted by molar-refractivity contribution is 5.50. The molecule has 1 N–H and O–H groups in total. The van der Waals surface area contributed by atoms with Gasteiger partial charge in [-0.15, -0.1) is 0 Å². The first-order chi connectivity index (χ1) is 9.63. The minimum atomic E-state index is -0.172. The van der Waals surface area contributed by atoms with Gasteiger partial charge < -0.3 is 5.32 Å². The summed E-state index contributed by atoms with van der Waals surface area (Å²) < 4.78 is 13.1. The fraction of sp³-hybridized carbons (Fsp3) is 0.333. The Morgan fingerprint density at radius 2 is 1.70 bits per heavy atom. The van der Waals surface area contributed by atoms with Crippen LogP contribution in [0, 0.1) is 25.6 Å². The number of aryl methyl sites for hydroxylation is 2. The summed E-state index contributed by atoms with van der Waals surface area (Å²) in [5, 5.41) is 3.62. The molecule has 0 heterocycles. The molecule has 1 unspecified atom stereocenters. The number of anilines is 1. The lowest BCUT2D eigenvalue weighted by Gasteiger charge is -2.21. The van der Waals surface area contributed by atoms with Crippen molar-refractivity contribution < 1.29 is 4.39 Å². The summed E-state index contributed by atoms with van der Waals surface area (Å²) in [5.74, 6) is 0.497. The minimum absolute atomic E-state index is 0.172. The summed E-state index contributed by atoms with van der Waals surface area (Å²) in [6.45, 7) is 4.25. The van der Waals surface area contributed by atoms with Crippen LogP contribution in [0.15, 0.2) is 42.5 Å². The third-order valence-electron chi connectivity index (χ3n) is 4.15. The monoisotopic (exact) mass is 269 g/mol. The Morgan fingerprint density at radius 3 is 2.30 bits per heavy atom. The summed E-state index contributed by atoms with van der Waals surface area (Å²) in [6, 6.07) is 13.6. The van der Waals surface area contributed by atoms with Gasteiger partial charge in [-0.2, -0.15) is 0 Å². The number of benzene rings is 2. The van der Waals surface area contributed by atoms with Crippen LogP contribution in [0.2, 0.25) is 0 Å². The highest BCUT2D eigenvalue weighted by atomic mass is 19.1. The Morgan fingerprint density at radius 1 is 1.00 bits per heavy atom. The van der Waals surface area contributed by atoms with Crippen molar-refractivity contribution in [3.8, 4) is 0 Å². The van der Waals surface area contributed by atoms with Crippen molar-refractivity contribution in [2.45, 2.75) is 32.7 Å².